The van der Waals surface area contributed by atoms with Crippen molar-refractivity contribution in [2.24, 2.45) is 0 Å². The Labute approximate surface area is 330 Å². The summed E-state index contributed by atoms with van der Waals surface area (Å²) >= 11 is 0. The first-order chi connectivity index (χ1) is 26.8. The van der Waals surface area contributed by atoms with E-state index >= 15 is 0 Å². The molecule has 1 amide bonds. The van der Waals surface area contributed by atoms with Crippen molar-refractivity contribution in [3.8, 4) is 0 Å². The molecule has 56 heavy (non-hydrogen) atoms. The summed E-state index contributed by atoms with van der Waals surface area (Å²) in [6.07, 6.45) is 1.14. The van der Waals surface area contributed by atoms with E-state index in [1.165, 1.54) is 12.1 Å². The van der Waals surface area contributed by atoms with Gasteiger partial charge in [-0.1, -0.05) is 96.6 Å². The van der Waals surface area contributed by atoms with Crippen LogP contribution in [0.2, 0.25) is 0 Å². The number of aliphatic hydroxyl groups excluding tert-OH is 1. The van der Waals surface area contributed by atoms with Gasteiger partial charge in [-0.05, 0) is 87.9 Å². The molecule has 0 saturated carbocycles. The number of esters is 1. The van der Waals surface area contributed by atoms with Gasteiger partial charge in [0.2, 0.25) is 15.9 Å². The van der Waals surface area contributed by atoms with E-state index in [0.29, 0.717) is 13.0 Å². The van der Waals surface area contributed by atoms with E-state index in [2.05, 4.69) is 14.9 Å². The zero-order valence-electron chi connectivity index (χ0n) is 32.5. The number of hydrogen-bond acceptors (Lipinski definition) is 9. The van der Waals surface area contributed by atoms with Gasteiger partial charge in [-0.2, -0.15) is 4.72 Å². The molecule has 2 saturated heterocycles. The number of aliphatic hydroxyl groups is 1. The highest BCUT2D eigenvalue weighted by molar-refractivity contribution is 7.89. The van der Waals surface area contributed by atoms with E-state index in [0.717, 1.165) is 52.8 Å². The van der Waals surface area contributed by atoms with Gasteiger partial charge in [0, 0.05) is 25.1 Å². The first-order valence-electron chi connectivity index (χ1n) is 19.2. The third-order valence-corrected chi connectivity index (χ3v) is 11.5. The van der Waals surface area contributed by atoms with Gasteiger partial charge in [0.05, 0.1) is 23.7 Å². The highest BCUT2D eigenvalue weighted by Crippen LogP contribution is 2.39. The third kappa shape index (κ3) is 11.1. The molecule has 6 rings (SSSR count). The summed E-state index contributed by atoms with van der Waals surface area (Å²) in [5, 5.41) is 12.5. The van der Waals surface area contributed by atoms with Crippen molar-refractivity contribution in [2.75, 3.05) is 13.1 Å². The highest BCUT2D eigenvalue weighted by atomic mass is 32.2. The first-order valence-corrected chi connectivity index (χ1v) is 20.7. The summed E-state index contributed by atoms with van der Waals surface area (Å²) < 4.78 is 48.2. The molecule has 4 aromatic carbocycles. The van der Waals surface area contributed by atoms with Gasteiger partial charge in [-0.3, -0.25) is 14.5 Å². The Morgan fingerprint density at radius 3 is 2.20 bits per heavy atom. The fraction of sp³-hybridized carbons (Fsp3) is 0.409. The predicted octanol–water partition coefficient (Wildman–Crippen LogP) is 6.04. The van der Waals surface area contributed by atoms with E-state index in [9.17, 15) is 23.1 Å². The Kier molecular flexibility index (Phi) is 13.4. The van der Waals surface area contributed by atoms with Crippen LogP contribution < -0.4 is 10.0 Å². The molecule has 4 aromatic rings. The van der Waals surface area contributed by atoms with Crippen molar-refractivity contribution in [3.63, 3.8) is 0 Å². The lowest BCUT2D eigenvalue weighted by molar-refractivity contribution is -0.253. The van der Waals surface area contributed by atoms with Gasteiger partial charge in [0.15, 0.2) is 6.29 Å². The molecule has 5 atom stereocenters. The van der Waals surface area contributed by atoms with Crippen LogP contribution in [0, 0.1) is 6.92 Å². The summed E-state index contributed by atoms with van der Waals surface area (Å²) in [5.74, 6) is -0.662. The van der Waals surface area contributed by atoms with Crippen molar-refractivity contribution >= 4 is 21.9 Å². The summed E-state index contributed by atoms with van der Waals surface area (Å²) in [6.45, 7) is 8.94. The number of ether oxygens (including phenoxy) is 3. The second-order valence-corrected chi connectivity index (χ2v) is 17.4. The molecule has 3 N–H and O–H groups in total. The largest absolute Gasteiger partial charge is 0.459 e. The highest BCUT2D eigenvalue weighted by Gasteiger charge is 2.39. The lowest BCUT2D eigenvalue weighted by Crippen LogP contribution is -2.47. The lowest BCUT2D eigenvalue weighted by Gasteiger charge is -2.38. The maximum atomic E-state index is 13.6. The van der Waals surface area contributed by atoms with Crippen molar-refractivity contribution in [3.05, 3.63) is 137 Å². The minimum atomic E-state index is -3.97. The molecule has 11 nitrogen and oxygen atoms in total. The summed E-state index contributed by atoms with van der Waals surface area (Å²) in [6, 6.07) is 29.7. The maximum Gasteiger partial charge on any atom is 0.323 e. The number of carbonyl (C=O) groups is 2. The predicted molar refractivity (Wildman–Crippen MR) is 213 cm³/mol. The second kappa shape index (κ2) is 18.2. The number of benzene rings is 4. The van der Waals surface area contributed by atoms with E-state index in [4.69, 9.17) is 14.2 Å². The van der Waals surface area contributed by atoms with E-state index in [-0.39, 0.29) is 48.7 Å². The number of nitrogens with one attached hydrogen (secondary N) is 2. The average molecular weight is 784 g/mol. The van der Waals surface area contributed by atoms with E-state index in [1.807, 2.05) is 107 Å². The Hall–Kier alpha value is -4.43. The first kappa shape index (κ1) is 41.2. The number of sulfonamides is 1. The molecule has 2 heterocycles. The fourth-order valence-electron chi connectivity index (χ4n) is 7.09. The molecule has 2 fully saturated rings. The molecule has 2 aliphatic rings. The molecule has 298 valence electrons. The number of carbonyl (C=O) groups excluding carboxylic acids is 2. The average Bonchev–Trinajstić information content (AvgIpc) is 3.65. The SMILES string of the molecule is Cc1ccc(S(=O)(=O)N[C@H](Cc2ccccc2)C(=O)NCc2ccc([C@@H]3O[C@H](CN4CCC[C@H]4C(=O)OC(C)(C)C)C[C@H](c4ccc(CO)cc4)O3)cc2)cc1. The molecule has 0 spiro atoms. The van der Waals surface area contributed by atoms with Crippen molar-refractivity contribution in [1.82, 2.24) is 14.9 Å². The van der Waals surface area contributed by atoms with Crippen LogP contribution in [0.4, 0.5) is 0 Å². The van der Waals surface area contributed by atoms with Crippen LogP contribution in [0.15, 0.2) is 108 Å². The van der Waals surface area contributed by atoms with Crippen molar-refractivity contribution in [1.29, 1.82) is 0 Å². The Morgan fingerprint density at radius 1 is 0.875 bits per heavy atom. The number of likely N-dealkylation sites (tertiary alicyclic amines) is 1. The summed E-state index contributed by atoms with van der Waals surface area (Å²) in [7, 11) is -3.97. The molecule has 2 aliphatic heterocycles. The molecule has 12 heteroatoms. The van der Waals surface area contributed by atoms with Crippen LogP contribution in [-0.4, -0.2) is 67.2 Å². The molecule has 0 radical (unpaired) electrons. The molecular formula is C44H53N3O8S. The molecule has 0 aliphatic carbocycles. The molecule has 0 unspecified atom stereocenters. The Bertz CT molecular complexity index is 2020. The van der Waals surface area contributed by atoms with Crippen LogP contribution in [0.5, 0.6) is 0 Å². The maximum absolute atomic E-state index is 13.6. The third-order valence-electron chi connectivity index (χ3n) is 10.0. The standard InChI is InChI=1S/C44H53N3O8S/c1-30-12-22-37(23-13-30)56(51,52)46-38(25-31-9-6-5-7-10-31)41(49)45-27-32-14-20-35(21-15-32)43-53-36(26-40(54-43)34-18-16-33(29-48)17-19-34)28-47-24-8-11-39(47)42(50)55-44(2,3)4/h5-7,9-10,12-23,36,38-40,43,46,48H,8,11,24-29H2,1-4H3,(H,45,49)/t36-,38+,39-,40+,43+/m0/s1. The molecule has 0 bridgehead atoms. The van der Waals surface area contributed by atoms with Gasteiger partial charge < -0.3 is 24.6 Å². The van der Waals surface area contributed by atoms with E-state index < -0.39 is 33.9 Å². The van der Waals surface area contributed by atoms with Crippen molar-refractivity contribution < 1.29 is 37.3 Å². The van der Waals surface area contributed by atoms with Gasteiger partial charge in [0.25, 0.3) is 0 Å². The Morgan fingerprint density at radius 2 is 1.54 bits per heavy atom. The van der Waals surface area contributed by atoms with Crippen LogP contribution in [-0.2, 0) is 53.4 Å². The fourth-order valence-corrected chi connectivity index (χ4v) is 8.29. The Balaban J connectivity index is 1.14. The van der Waals surface area contributed by atoms with Gasteiger partial charge in [0.1, 0.15) is 17.7 Å². The number of amides is 1. The zero-order chi connectivity index (χ0) is 39.9. The van der Waals surface area contributed by atoms with Crippen LogP contribution in [0.3, 0.4) is 0 Å². The monoisotopic (exact) mass is 783 g/mol. The minimum Gasteiger partial charge on any atom is -0.459 e. The van der Waals surface area contributed by atoms with Crippen molar-refractivity contribution in [2.45, 2.75) is 108 Å². The van der Waals surface area contributed by atoms with Gasteiger partial charge >= 0.3 is 5.97 Å². The zero-order valence-corrected chi connectivity index (χ0v) is 33.3. The number of rotatable bonds is 14. The van der Waals surface area contributed by atoms with Crippen LogP contribution in [0.1, 0.15) is 85.8 Å². The van der Waals surface area contributed by atoms with Gasteiger partial charge in [-0.15, -0.1) is 0 Å². The number of hydrogen-bond donors (Lipinski definition) is 3. The summed E-state index contributed by atoms with van der Waals surface area (Å²) in [5.41, 5.74) is 4.55. The van der Waals surface area contributed by atoms with Gasteiger partial charge in [-0.25, -0.2) is 8.42 Å². The smallest absolute Gasteiger partial charge is 0.323 e. The quantitative estimate of drug-likeness (QED) is 0.130. The van der Waals surface area contributed by atoms with E-state index in [1.54, 1.807) is 12.1 Å². The number of aryl methyl sites for hydroxylation is 1. The number of nitrogens with zero attached hydrogens (tertiary/aromatic N) is 1. The summed E-state index contributed by atoms with van der Waals surface area (Å²) in [4.78, 5) is 29.0. The minimum absolute atomic E-state index is 0.0509. The second-order valence-electron chi connectivity index (χ2n) is 15.7. The molecule has 0 aromatic heterocycles. The molecular weight excluding hydrogens is 731 g/mol. The topological polar surface area (TPSA) is 144 Å². The van der Waals surface area contributed by atoms with Crippen LogP contribution in [0.25, 0.3) is 0 Å². The van der Waals surface area contributed by atoms with Crippen LogP contribution >= 0.6 is 0 Å². The normalized spacial score (nSPS) is 21.0. The lowest BCUT2D eigenvalue weighted by atomic mass is 9.99.